The number of hydrogen-bond acceptors (Lipinski definition) is 8. The summed E-state index contributed by atoms with van der Waals surface area (Å²) < 4.78 is 16.7. The Balaban J connectivity index is 2.42. The van der Waals surface area contributed by atoms with Gasteiger partial charge in [-0.1, -0.05) is 0 Å². The van der Waals surface area contributed by atoms with Gasteiger partial charge in [-0.15, -0.1) is 0 Å². The van der Waals surface area contributed by atoms with Crippen molar-refractivity contribution >= 4 is 5.82 Å². The summed E-state index contributed by atoms with van der Waals surface area (Å²) in [6.45, 7) is -0.397. The van der Waals surface area contributed by atoms with Gasteiger partial charge in [0.1, 0.15) is 18.3 Å². The van der Waals surface area contributed by atoms with E-state index in [4.69, 9.17) is 25.1 Å². The van der Waals surface area contributed by atoms with E-state index in [1.54, 1.807) is 0 Å². The average Bonchev–Trinajstić information content (AvgIpc) is 2.75. The van der Waals surface area contributed by atoms with Crippen molar-refractivity contribution in [1.29, 1.82) is 0 Å². The third kappa shape index (κ3) is 2.36. The molecule has 1 saturated heterocycles. The van der Waals surface area contributed by atoms with Crippen LogP contribution in [0, 0.1) is 0 Å². The predicted octanol–water partition coefficient (Wildman–Crippen LogP) is -1.90. The Kier molecular flexibility index (Phi) is 4.23. The Morgan fingerprint density at radius 2 is 2.25 bits per heavy atom. The van der Waals surface area contributed by atoms with E-state index in [2.05, 4.69) is 4.98 Å². The van der Waals surface area contributed by atoms with Crippen LogP contribution in [0.1, 0.15) is 6.23 Å². The van der Waals surface area contributed by atoms with Gasteiger partial charge in [-0.3, -0.25) is 4.57 Å². The van der Waals surface area contributed by atoms with Crippen molar-refractivity contribution < 1.29 is 24.4 Å². The van der Waals surface area contributed by atoms with Crippen molar-refractivity contribution in [2.24, 2.45) is 0 Å². The van der Waals surface area contributed by atoms with E-state index in [0.717, 1.165) is 4.57 Å². The van der Waals surface area contributed by atoms with Crippen LogP contribution in [-0.2, 0) is 9.47 Å². The summed E-state index contributed by atoms with van der Waals surface area (Å²) in [6, 6.07) is 0. The van der Waals surface area contributed by atoms with Crippen LogP contribution in [0.25, 0.3) is 0 Å². The molecule has 0 amide bonds. The highest BCUT2D eigenvalue weighted by atomic mass is 16.6. The van der Waals surface area contributed by atoms with E-state index in [-0.39, 0.29) is 11.6 Å². The minimum atomic E-state index is -1.06. The number of aliphatic hydroxyl groups excluding tert-OH is 2. The third-order valence-electron chi connectivity index (χ3n) is 3.20. The molecule has 1 unspecified atom stereocenters. The lowest BCUT2D eigenvalue weighted by molar-refractivity contribution is -0.0626. The molecule has 4 atom stereocenters. The lowest BCUT2D eigenvalue weighted by Crippen LogP contribution is -2.37. The average molecular weight is 287 g/mol. The van der Waals surface area contributed by atoms with Gasteiger partial charge in [-0.2, -0.15) is 4.98 Å². The summed E-state index contributed by atoms with van der Waals surface area (Å²) in [7, 11) is 2.76. The first-order chi connectivity index (χ1) is 9.53. The number of nitrogen functional groups attached to an aromatic ring is 1. The maximum absolute atomic E-state index is 11.9. The SMILES string of the molecule is COc1cn([C@@H]2O[C@H](CO)[C@H](O)C2OC)c(=O)nc1N. The predicted molar refractivity (Wildman–Crippen MR) is 67.3 cm³/mol. The Morgan fingerprint density at radius 3 is 2.80 bits per heavy atom. The van der Waals surface area contributed by atoms with Crippen LogP contribution in [0.4, 0.5) is 5.82 Å². The first-order valence-corrected chi connectivity index (χ1v) is 5.93. The number of hydrogen-bond donors (Lipinski definition) is 3. The fourth-order valence-corrected chi connectivity index (χ4v) is 2.15. The van der Waals surface area contributed by atoms with Crippen molar-refractivity contribution in [3.8, 4) is 5.75 Å². The molecule has 0 aliphatic carbocycles. The van der Waals surface area contributed by atoms with Crippen molar-refractivity contribution in [3.63, 3.8) is 0 Å². The lowest BCUT2D eigenvalue weighted by atomic mass is 10.1. The van der Waals surface area contributed by atoms with Gasteiger partial charge in [0.25, 0.3) is 0 Å². The Hall–Kier alpha value is -1.68. The molecule has 0 aromatic carbocycles. The number of nitrogens with two attached hydrogens (primary N) is 1. The second-order valence-corrected chi connectivity index (χ2v) is 4.32. The highest BCUT2D eigenvalue weighted by molar-refractivity contribution is 5.43. The Morgan fingerprint density at radius 1 is 1.55 bits per heavy atom. The first-order valence-electron chi connectivity index (χ1n) is 5.93. The second kappa shape index (κ2) is 5.75. The molecule has 0 bridgehead atoms. The van der Waals surface area contributed by atoms with Crippen molar-refractivity contribution in [1.82, 2.24) is 9.55 Å². The third-order valence-corrected chi connectivity index (χ3v) is 3.20. The number of ether oxygens (including phenoxy) is 3. The number of methoxy groups -OCH3 is 2. The van der Waals surface area contributed by atoms with Gasteiger partial charge >= 0.3 is 5.69 Å². The highest BCUT2D eigenvalue weighted by Crippen LogP contribution is 2.31. The molecule has 1 aliphatic rings. The largest absolute Gasteiger partial charge is 0.491 e. The normalized spacial score (nSPS) is 29.6. The number of aromatic nitrogens is 2. The van der Waals surface area contributed by atoms with Crippen LogP contribution in [0.2, 0.25) is 0 Å². The summed E-state index contributed by atoms with van der Waals surface area (Å²) in [5.74, 6) is 0.157. The molecule has 0 spiro atoms. The van der Waals surface area contributed by atoms with Crippen molar-refractivity contribution in [3.05, 3.63) is 16.7 Å². The standard InChI is InChI=1S/C11H17N3O6/c1-18-5-3-14(11(17)13-9(5)12)10-8(19-2)7(16)6(4-15)20-10/h3,6-8,10,15-16H,4H2,1-2H3,(H2,12,13,17)/t6-,7+,8?,10-/m1/s1. The fraction of sp³-hybridized carbons (Fsp3) is 0.636. The second-order valence-electron chi connectivity index (χ2n) is 4.32. The molecule has 0 radical (unpaired) electrons. The minimum absolute atomic E-state index is 0.0417. The zero-order valence-electron chi connectivity index (χ0n) is 11.1. The van der Waals surface area contributed by atoms with E-state index in [1.807, 2.05) is 0 Å². The summed E-state index contributed by atoms with van der Waals surface area (Å²) in [4.78, 5) is 15.5. The Labute approximate surface area is 114 Å². The maximum Gasteiger partial charge on any atom is 0.351 e. The monoisotopic (exact) mass is 287 g/mol. The number of rotatable bonds is 4. The Bertz CT molecular complexity index is 533. The van der Waals surface area contributed by atoms with E-state index in [1.165, 1.54) is 20.4 Å². The van der Waals surface area contributed by atoms with Crippen LogP contribution in [-0.4, -0.2) is 58.9 Å². The number of nitrogens with zero attached hydrogens (tertiary/aromatic N) is 2. The smallest absolute Gasteiger partial charge is 0.351 e. The first kappa shape index (κ1) is 14.7. The molecule has 1 aliphatic heterocycles. The van der Waals surface area contributed by atoms with Gasteiger partial charge in [0.15, 0.2) is 17.8 Å². The summed E-state index contributed by atoms with van der Waals surface area (Å²) in [6.07, 6.45) is -2.33. The molecular formula is C11H17N3O6. The van der Waals surface area contributed by atoms with Gasteiger partial charge in [0.05, 0.1) is 19.9 Å². The van der Waals surface area contributed by atoms with Gasteiger partial charge in [-0.05, 0) is 0 Å². The molecule has 20 heavy (non-hydrogen) atoms. The number of anilines is 1. The van der Waals surface area contributed by atoms with Crippen LogP contribution in [0.5, 0.6) is 5.75 Å². The molecular weight excluding hydrogens is 270 g/mol. The van der Waals surface area contributed by atoms with Crippen molar-refractivity contribution in [2.75, 3.05) is 26.6 Å². The minimum Gasteiger partial charge on any atom is -0.491 e. The fourth-order valence-electron chi connectivity index (χ4n) is 2.15. The molecule has 1 aromatic heterocycles. The molecule has 1 aromatic rings. The maximum atomic E-state index is 11.9. The van der Waals surface area contributed by atoms with Gasteiger partial charge in [0.2, 0.25) is 0 Å². The van der Waals surface area contributed by atoms with Gasteiger partial charge < -0.3 is 30.2 Å². The van der Waals surface area contributed by atoms with E-state index < -0.39 is 36.8 Å². The quantitative estimate of drug-likeness (QED) is 0.585. The van der Waals surface area contributed by atoms with E-state index in [0.29, 0.717) is 0 Å². The molecule has 1 fully saturated rings. The van der Waals surface area contributed by atoms with Crippen molar-refractivity contribution in [2.45, 2.75) is 24.5 Å². The van der Waals surface area contributed by atoms with Gasteiger partial charge in [0, 0.05) is 7.11 Å². The molecule has 9 heteroatoms. The van der Waals surface area contributed by atoms with Crippen LogP contribution in [0.15, 0.2) is 11.0 Å². The van der Waals surface area contributed by atoms with Gasteiger partial charge in [-0.25, -0.2) is 4.79 Å². The molecule has 2 rings (SSSR count). The van der Waals surface area contributed by atoms with Crippen LogP contribution < -0.4 is 16.2 Å². The molecule has 0 saturated carbocycles. The highest BCUT2D eigenvalue weighted by Gasteiger charge is 2.45. The molecule has 4 N–H and O–H groups in total. The summed E-state index contributed by atoms with van der Waals surface area (Å²) in [5.41, 5.74) is 4.87. The number of aliphatic hydroxyl groups is 2. The zero-order chi connectivity index (χ0) is 14.9. The van der Waals surface area contributed by atoms with Crippen LogP contribution >= 0.6 is 0 Å². The summed E-state index contributed by atoms with van der Waals surface area (Å²) in [5, 5.41) is 19.1. The van der Waals surface area contributed by atoms with E-state index >= 15 is 0 Å². The van der Waals surface area contributed by atoms with E-state index in [9.17, 15) is 9.90 Å². The zero-order valence-corrected chi connectivity index (χ0v) is 11.1. The molecule has 9 nitrogen and oxygen atoms in total. The lowest BCUT2D eigenvalue weighted by Gasteiger charge is -2.20. The topological polar surface area (TPSA) is 129 Å². The molecule has 112 valence electrons. The molecule has 2 heterocycles. The summed E-state index contributed by atoms with van der Waals surface area (Å²) >= 11 is 0. The van der Waals surface area contributed by atoms with Crippen LogP contribution in [0.3, 0.4) is 0 Å².